The number of benzene rings is 3. The molecular formula is C22H20IO2PS2. The molecule has 0 saturated heterocycles. The highest BCUT2D eigenvalue weighted by Crippen LogP contribution is 2.53. The summed E-state index contributed by atoms with van der Waals surface area (Å²) < 4.78 is 13.5. The Morgan fingerprint density at radius 2 is 1.61 bits per heavy atom. The van der Waals surface area contributed by atoms with E-state index >= 15 is 0 Å². The van der Waals surface area contributed by atoms with E-state index in [2.05, 4.69) is 95.3 Å². The first-order valence-electron chi connectivity index (χ1n) is 9.14. The number of fused-ring (bicyclic) bond motifs is 1. The van der Waals surface area contributed by atoms with Gasteiger partial charge in [-0.25, -0.2) is 0 Å². The van der Waals surface area contributed by atoms with Crippen LogP contribution in [0.1, 0.15) is 33.6 Å². The predicted molar refractivity (Wildman–Crippen MR) is 131 cm³/mol. The summed E-state index contributed by atoms with van der Waals surface area (Å²) in [4.78, 5) is 2.14. The summed E-state index contributed by atoms with van der Waals surface area (Å²) in [5, 5.41) is 4.72. The molecule has 0 bridgehead atoms. The van der Waals surface area contributed by atoms with E-state index in [1.807, 2.05) is 36.0 Å². The van der Waals surface area contributed by atoms with Crippen LogP contribution in [0.5, 0.6) is 11.5 Å². The number of phenolic OH excluding ortho intramolecular Hbond substituents is 1. The van der Waals surface area contributed by atoms with Gasteiger partial charge in [0.1, 0.15) is 17.6 Å². The molecule has 1 aliphatic heterocycles. The minimum Gasteiger partial charge on any atom is -0.508 e. The number of halogens is 1. The SMILES string of the molecule is S=PI.[3H]Oc1ccc([C@H]2Oc3cc(C)ccc3S[C@H]2c2ccc(C)cc2)cc1. The molecule has 0 unspecified atom stereocenters. The molecule has 2 atom stereocenters. The zero-order valence-electron chi connectivity index (χ0n) is 16.5. The lowest BCUT2D eigenvalue weighted by Crippen LogP contribution is -2.19. The summed E-state index contributed by atoms with van der Waals surface area (Å²) in [7, 11) is 0. The highest BCUT2D eigenvalue weighted by atomic mass is 127. The molecule has 0 spiro atoms. The van der Waals surface area contributed by atoms with Gasteiger partial charge in [-0.1, -0.05) is 48.0 Å². The van der Waals surface area contributed by atoms with Crippen LogP contribution in [0.3, 0.4) is 0 Å². The summed E-state index contributed by atoms with van der Waals surface area (Å²) in [5.41, 5.74) is 4.77. The van der Waals surface area contributed by atoms with Gasteiger partial charge in [-0.05, 0) is 88.7 Å². The third-order valence-electron chi connectivity index (χ3n) is 4.50. The van der Waals surface area contributed by atoms with Crippen molar-refractivity contribution in [1.29, 1.82) is 1.43 Å². The van der Waals surface area contributed by atoms with E-state index < -0.39 is 0 Å². The predicted octanol–water partition coefficient (Wildman–Crippen LogP) is 7.72. The normalized spacial score (nSPS) is 18.2. The average Bonchev–Trinajstić information content (AvgIpc) is 2.74. The fraction of sp³-hybridized carbons (Fsp3) is 0.182. The lowest BCUT2D eigenvalue weighted by atomic mass is 9.99. The van der Waals surface area contributed by atoms with Crippen molar-refractivity contribution in [3.8, 4) is 11.5 Å². The Hall–Kier alpha value is -1.14. The van der Waals surface area contributed by atoms with Crippen molar-refractivity contribution in [2.75, 3.05) is 0 Å². The van der Waals surface area contributed by atoms with Gasteiger partial charge in [-0.2, -0.15) is 0 Å². The summed E-state index contributed by atoms with van der Waals surface area (Å²) in [5.74, 6) is 1.46. The zero-order valence-corrected chi connectivity index (χ0v) is 20.1. The molecule has 6 heteroatoms. The summed E-state index contributed by atoms with van der Waals surface area (Å²) in [6, 6.07) is 22.6. The van der Waals surface area contributed by atoms with Gasteiger partial charge >= 0.3 is 0 Å². The van der Waals surface area contributed by atoms with Crippen LogP contribution < -0.4 is 4.74 Å². The minimum absolute atomic E-state index is 0.100. The van der Waals surface area contributed by atoms with Crippen LogP contribution in [0, 0.1) is 13.8 Å². The van der Waals surface area contributed by atoms with Crippen LogP contribution in [0.15, 0.2) is 71.6 Å². The van der Waals surface area contributed by atoms with E-state index in [4.69, 9.17) is 6.17 Å². The van der Waals surface area contributed by atoms with E-state index in [0.717, 1.165) is 16.3 Å². The van der Waals surface area contributed by atoms with Gasteiger partial charge in [-0.3, -0.25) is 0 Å². The third-order valence-corrected chi connectivity index (χ3v) is 5.86. The standard InChI is InChI=1S/C22H20O2S.IPS/c1-14-3-6-17(7-4-14)22-21(16-8-10-18(23)11-9-16)24-19-13-15(2)5-12-20(19)25-22;1-2-3/h3-13,21-23H,1-2H3;/t21-,22+;/m1./s1/i/hT. The Balaban J connectivity index is 0.000000755. The first kappa shape index (κ1) is 20.1. The molecule has 0 fully saturated rings. The summed E-state index contributed by atoms with van der Waals surface area (Å²) >= 11 is 8.27. The van der Waals surface area contributed by atoms with Crippen LogP contribution in [-0.2, 0) is 11.8 Å². The van der Waals surface area contributed by atoms with Gasteiger partial charge in [0.25, 0.3) is 1.43 Å². The molecular weight excluding hydrogens is 518 g/mol. The lowest BCUT2D eigenvalue weighted by molar-refractivity contribution is 0.191. The number of rotatable bonds is 3. The fourth-order valence-corrected chi connectivity index (χ4v) is 4.37. The van der Waals surface area contributed by atoms with Crippen LogP contribution in [0.25, 0.3) is 0 Å². The molecule has 0 amide bonds. The zero-order chi connectivity index (χ0) is 20.8. The Labute approximate surface area is 191 Å². The highest BCUT2D eigenvalue weighted by Gasteiger charge is 2.33. The maximum absolute atomic E-state index is 7.04. The molecule has 3 aromatic rings. The van der Waals surface area contributed by atoms with Gasteiger partial charge in [0.2, 0.25) is 0 Å². The molecule has 0 radical (unpaired) electrons. The maximum atomic E-state index is 7.04. The number of phenols is 1. The number of ether oxygens (including phenoxy) is 1. The van der Waals surface area contributed by atoms with Crippen LogP contribution in [0.4, 0.5) is 0 Å². The van der Waals surface area contributed by atoms with Crippen LogP contribution in [0.2, 0.25) is 0 Å². The molecule has 4 rings (SSSR count). The second-order valence-corrected chi connectivity index (χ2v) is 11.9. The second kappa shape index (κ2) is 10.1. The lowest BCUT2D eigenvalue weighted by Gasteiger charge is -2.34. The number of aryl methyl sites for hydroxylation is 2. The van der Waals surface area contributed by atoms with Crippen molar-refractivity contribution in [1.82, 2.24) is 0 Å². The number of aromatic hydroxyl groups is 1. The van der Waals surface area contributed by atoms with Crippen LogP contribution in [-0.4, -0.2) is 6.54 Å². The van der Waals surface area contributed by atoms with E-state index in [1.165, 1.54) is 21.6 Å². The van der Waals surface area contributed by atoms with Crippen LogP contribution >= 0.6 is 38.8 Å². The Kier molecular flexibility index (Phi) is 7.24. The Bertz CT molecular complexity index is 968. The summed E-state index contributed by atoms with van der Waals surface area (Å²) in [6.45, 7) is 4.18. The van der Waals surface area contributed by atoms with Crippen molar-refractivity contribution in [3.05, 3.63) is 89.0 Å². The molecule has 144 valence electrons. The van der Waals surface area contributed by atoms with Gasteiger partial charge in [0.05, 0.1) is 10.1 Å². The molecule has 1 aliphatic rings. The Morgan fingerprint density at radius 3 is 2.25 bits per heavy atom. The largest absolute Gasteiger partial charge is 0.508 e. The molecule has 3 aromatic carbocycles. The van der Waals surface area contributed by atoms with E-state index in [1.54, 1.807) is 0 Å². The minimum atomic E-state index is -0.100. The quantitative estimate of drug-likeness (QED) is 0.272. The van der Waals surface area contributed by atoms with Gasteiger partial charge in [0, 0.05) is 5.00 Å². The highest BCUT2D eigenvalue weighted by molar-refractivity contribution is 14.2. The van der Waals surface area contributed by atoms with Crippen molar-refractivity contribution in [2.24, 2.45) is 0 Å². The molecule has 0 aromatic heterocycles. The number of hydrogen-bond donors (Lipinski definition) is 1. The maximum Gasteiger partial charge on any atom is 0.293 e. The molecule has 0 aliphatic carbocycles. The first-order chi connectivity index (χ1) is 14.0. The molecule has 28 heavy (non-hydrogen) atoms. The smallest absolute Gasteiger partial charge is 0.293 e. The van der Waals surface area contributed by atoms with Crippen molar-refractivity contribution in [3.63, 3.8) is 0 Å². The van der Waals surface area contributed by atoms with E-state index in [9.17, 15) is 0 Å². The van der Waals surface area contributed by atoms with Crippen molar-refractivity contribution >= 4 is 50.6 Å². The first-order valence-corrected chi connectivity index (χ1v) is 14.3. The second-order valence-electron chi connectivity index (χ2n) is 6.58. The monoisotopic (exact) mass is 540 g/mol. The average molecular weight is 540 g/mol. The van der Waals surface area contributed by atoms with Gasteiger partial charge < -0.3 is 9.85 Å². The fourth-order valence-electron chi connectivity index (χ4n) is 3.10. The Morgan fingerprint density at radius 1 is 1.00 bits per heavy atom. The van der Waals surface area contributed by atoms with E-state index in [0.29, 0.717) is 5.75 Å². The molecule has 1 N–H and O–H groups in total. The van der Waals surface area contributed by atoms with Crippen molar-refractivity contribution < 1.29 is 9.85 Å². The molecule has 1 heterocycles. The number of thioether (sulfide) groups is 1. The van der Waals surface area contributed by atoms with Gasteiger partial charge in [0.15, 0.2) is 0 Å². The third kappa shape index (κ3) is 5.26. The topological polar surface area (TPSA) is 29.5 Å². The van der Waals surface area contributed by atoms with Gasteiger partial charge in [-0.15, -0.1) is 11.8 Å². The summed E-state index contributed by atoms with van der Waals surface area (Å²) in [6.07, 6.45) is -0.100. The number of hydrogen-bond acceptors (Lipinski definition) is 4. The molecule has 2 nitrogen and oxygen atoms in total. The van der Waals surface area contributed by atoms with E-state index in [-0.39, 0.29) is 11.4 Å². The molecule has 0 saturated carbocycles. The van der Waals surface area contributed by atoms with Crippen molar-refractivity contribution in [2.45, 2.75) is 30.1 Å².